The van der Waals surface area contributed by atoms with Crippen LogP contribution in [0.5, 0.6) is 0 Å². The summed E-state index contributed by atoms with van der Waals surface area (Å²) in [6.45, 7) is 0. The number of nitrogens with one attached hydrogen (secondary N) is 1. The fourth-order valence-corrected chi connectivity index (χ4v) is 2.74. The van der Waals surface area contributed by atoms with Gasteiger partial charge in [0.25, 0.3) is 0 Å². The zero-order chi connectivity index (χ0) is 16.4. The number of carboxylic acids is 1. The molecule has 1 fully saturated rings. The Morgan fingerprint density at radius 3 is 2.43 bits per heavy atom. The van der Waals surface area contributed by atoms with Crippen LogP contribution in [0.1, 0.15) is 34.7 Å². The lowest BCUT2D eigenvalue weighted by molar-refractivity contribution is -0.118. The molecule has 0 aliphatic heterocycles. The van der Waals surface area contributed by atoms with E-state index in [1.54, 1.807) is 0 Å². The molecule has 1 unspecified atom stereocenters. The standard InChI is InChI=1S/C18H16FNO3/c19-13-8-9-14(18(22)23)15(10-13)20-17(21)16(12-6-7-12)11-4-2-1-3-5-11/h1-5,8-10,12,16H,6-7H2,(H,20,21)(H,22,23). The summed E-state index contributed by atoms with van der Waals surface area (Å²) in [5, 5.41) is 11.8. The van der Waals surface area contributed by atoms with E-state index < -0.39 is 11.8 Å². The average Bonchev–Trinajstić information content (AvgIpc) is 3.33. The summed E-state index contributed by atoms with van der Waals surface area (Å²) in [4.78, 5) is 23.9. The van der Waals surface area contributed by atoms with Crippen molar-refractivity contribution in [1.82, 2.24) is 0 Å². The van der Waals surface area contributed by atoms with Gasteiger partial charge in [-0.3, -0.25) is 4.79 Å². The van der Waals surface area contributed by atoms with Gasteiger partial charge in [-0.15, -0.1) is 0 Å². The van der Waals surface area contributed by atoms with Gasteiger partial charge in [-0.2, -0.15) is 0 Å². The van der Waals surface area contributed by atoms with Gasteiger partial charge in [0, 0.05) is 0 Å². The van der Waals surface area contributed by atoms with Crippen molar-refractivity contribution in [1.29, 1.82) is 0 Å². The first kappa shape index (κ1) is 15.2. The predicted molar refractivity (Wildman–Crippen MR) is 83.9 cm³/mol. The Hall–Kier alpha value is -2.69. The summed E-state index contributed by atoms with van der Waals surface area (Å²) >= 11 is 0. The van der Waals surface area contributed by atoms with Crippen molar-refractivity contribution in [3.63, 3.8) is 0 Å². The first-order chi connectivity index (χ1) is 11.1. The quantitative estimate of drug-likeness (QED) is 0.885. The average molecular weight is 313 g/mol. The molecule has 1 aliphatic carbocycles. The molecule has 1 atom stereocenters. The second-order valence-corrected chi connectivity index (χ2v) is 5.71. The van der Waals surface area contributed by atoms with E-state index in [9.17, 15) is 19.1 Å². The molecule has 2 N–H and O–H groups in total. The van der Waals surface area contributed by atoms with Crippen molar-refractivity contribution in [3.8, 4) is 0 Å². The summed E-state index contributed by atoms with van der Waals surface area (Å²) in [5.74, 6) is -2.19. The van der Waals surface area contributed by atoms with Gasteiger partial charge in [-0.25, -0.2) is 9.18 Å². The minimum absolute atomic E-state index is 0.0101. The van der Waals surface area contributed by atoms with Crippen LogP contribution in [0.3, 0.4) is 0 Å². The van der Waals surface area contributed by atoms with E-state index >= 15 is 0 Å². The number of hydrogen-bond donors (Lipinski definition) is 2. The van der Waals surface area contributed by atoms with Gasteiger partial charge in [0.15, 0.2) is 0 Å². The number of amides is 1. The Kier molecular flexibility index (Phi) is 4.10. The smallest absolute Gasteiger partial charge is 0.337 e. The van der Waals surface area contributed by atoms with Crippen LogP contribution in [0.15, 0.2) is 48.5 Å². The van der Waals surface area contributed by atoms with E-state index in [2.05, 4.69) is 5.32 Å². The van der Waals surface area contributed by atoms with Gasteiger partial charge in [0.05, 0.1) is 17.2 Å². The lowest BCUT2D eigenvalue weighted by Crippen LogP contribution is -2.24. The number of carbonyl (C=O) groups is 2. The third-order valence-electron chi connectivity index (χ3n) is 4.00. The van der Waals surface area contributed by atoms with E-state index in [0.29, 0.717) is 0 Å². The normalized spacial score (nSPS) is 15.0. The molecule has 0 radical (unpaired) electrons. The maximum absolute atomic E-state index is 13.4. The molecular formula is C18H16FNO3. The molecule has 0 bridgehead atoms. The van der Waals surface area contributed by atoms with Gasteiger partial charge in [0.2, 0.25) is 5.91 Å². The molecule has 1 saturated carbocycles. The van der Waals surface area contributed by atoms with Gasteiger partial charge in [-0.05, 0) is 42.5 Å². The Morgan fingerprint density at radius 1 is 1.13 bits per heavy atom. The van der Waals surface area contributed by atoms with Crippen LogP contribution >= 0.6 is 0 Å². The molecule has 4 nitrogen and oxygen atoms in total. The first-order valence-corrected chi connectivity index (χ1v) is 7.45. The fourth-order valence-electron chi connectivity index (χ4n) is 2.74. The molecule has 118 valence electrons. The van der Waals surface area contributed by atoms with Crippen LogP contribution < -0.4 is 5.32 Å². The van der Waals surface area contributed by atoms with Crippen LogP contribution in [-0.4, -0.2) is 17.0 Å². The van der Waals surface area contributed by atoms with Gasteiger partial charge in [-0.1, -0.05) is 30.3 Å². The number of carboxylic acid groups (broad SMARTS) is 1. The van der Waals surface area contributed by atoms with Gasteiger partial charge >= 0.3 is 5.97 Å². The minimum Gasteiger partial charge on any atom is -0.478 e. The summed E-state index contributed by atoms with van der Waals surface area (Å²) in [5.41, 5.74) is 0.757. The van der Waals surface area contributed by atoms with Crippen molar-refractivity contribution >= 4 is 17.6 Å². The van der Waals surface area contributed by atoms with Crippen molar-refractivity contribution in [2.24, 2.45) is 5.92 Å². The van der Waals surface area contributed by atoms with Crippen molar-refractivity contribution in [2.75, 3.05) is 5.32 Å². The molecule has 0 spiro atoms. The van der Waals surface area contributed by atoms with Gasteiger partial charge < -0.3 is 10.4 Å². The first-order valence-electron chi connectivity index (χ1n) is 7.45. The molecule has 0 heterocycles. The molecule has 1 aliphatic rings. The van der Waals surface area contributed by atoms with Crippen LogP contribution in [0.4, 0.5) is 10.1 Å². The van der Waals surface area contributed by atoms with E-state index in [4.69, 9.17) is 0 Å². The number of halogens is 1. The minimum atomic E-state index is -1.21. The fraction of sp³-hybridized carbons (Fsp3) is 0.222. The highest BCUT2D eigenvalue weighted by atomic mass is 19.1. The lowest BCUT2D eigenvalue weighted by Gasteiger charge is -2.17. The zero-order valence-corrected chi connectivity index (χ0v) is 12.3. The molecule has 3 rings (SSSR count). The van der Waals surface area contributed by atoms with E-state index in [-0.39, 0.29) is 29.0 Å². The van der Waals surface area contributed by atoms with E-state index in [1.807, 2.05) is 30.3 Å². The van der Waals surface area contributed by atoms with Crippen LogP contribution in [0.2, 0.25) is 0 Å². The van der Waals surface area contributed by atoms with Gasteiger partial charge in [0.1, 0.15) is 5.82 Å². The number of carbonyl (C=O) groups excluding carboxylic acids is 1. The zero-order valence-electron chi connectivity index (χ0n) is 12.3. The summed E-state index contributed by atoms with van der Waals surface area (Å²) in [6.07, 6.45) is 1.92. The van der Waals surface area contributed by atoms with E-state index in [0.717, 1.165) is 36.6 Å². The summed E-state index contributed by atoms with van der Waals surface area (Å²) in [6, 6.07) is 12.6. The SMILES string of the molecule is O=C(O)c1ccc(F)cc1NC(=O)C(c1ccccc1)C1CC1. The van der Waals surface area contributed by atoms with Crippen molar-refractivity contribution in [2.45, 2.75) is 18.8 Å². The lowest BCUT2D eigenvalue weighted by atomic mass is 9.93. The highest BCUT2D eigenvalue weighted by molar-refractivity contribution is 6.02. The number of rotatable bonds is 5. The largest absolute Gasteiger partial charge is 0.478 e. The summed E-state index contributed by atoms with van der Waals surface area (Å²) in [7, 11) is 0. The maximum Gasteiger partial charge on any atom is 0.337 e. The number of aromatic carboxylic acids is 1. The molecule has 23 heavy (non-hydrogen) atoms. The van der Waals surface area contributed by atoms with Crippen LogP contribution in [0.25, 0.3) is 0 Å². The molecule has 2 aromatic rings. The third-order valence-corrected chi connectivity index (χ3v) is 4.00. The molecule has 0 aromatic heterocycles. The molecule has 1 amide bonds. The second-order valence-electron chi connectivity index (χ2n) is 5.71. The third kappa shape index (κ3) is 3.39. The maximum atomic E-state index is 13.4. The monoisotopic (exact) mass is 313 g/mol. The highest BCUT2D eigenvalue weighted by Crippen LogP contribution is 2.43. The summed E-state index contributed by atoms with van der Waals surface area (Å²) < 4.78 is 13.4. The predicted octanol–water partition coefficient (Wildman–Crippen LogP) is 3.66. The number of hydrogen-bond acceptors (Lipinski definition) is 2. The Bertz CT molecular complexity index is 741. The molecular weight excluding hydrogens is 297 g/mol. The Balaban J connectivity index is 1.88. The highest BCUT2D eigenvalue weighted by Gasteiger charge is 2.37. The number of anilines is 1. The molecule has 0 saturated heterocycles. The second kappa shape index (κ2) is 6.20. The number of benzene rings is 2. The van der Waals surface area contributed by atoms with Crippen molar-refractivity contribution < 1.29 is 19.1 Å². The molecule has 5 heteroatoms. The Labute approximate surface area is 133 Å². The topological polar surface area (TPSA) is 66.4 Å². The van der Waals surface area contributed by atoms with Crippen LogP contribution in [0, 0.1) is 11.7 Å². The van der Waals surface area contributed by atoms with Crippen molar-refractivity contribution in [3.05, 3.63) is 65.5 Å². The van der Waals surface area contributed by atoms with Crippen LogP contribution in [-0.2, 0) is 4.79 Å². The Morgan fingerprint density at radius 2 is 1.83 bits per heavy atom. The molecule has 2 aromatic carbocycles. The van der Waals surface area contributed by atoms with E-state index in [1.165, 1.54) is 0 Å².